The van der Waals surface area contributed by atoms with E-state index in [9.17, 15) is 5.11 Å². The van der Waals surface area contributed by atoms with Crippen LogP contribution >= 0.6 is 0 Å². The Morgan fingerprint density at radius 2 is 2.05 bits per heavy atom. The fraction of sp³-hybridized carbons (Fsp3) is 0.529. The van der Waals surface area contributed by atoms with E-state index < -0.39 is 0 Å². The van der Waals surface area contributed by atoms with Gasteiger partial charge >= 0.3 is 0 Å². The lowest BCUT2D eigenvalue weighted by Gasteiger charge is -2.42. The molecule has 2 aliphatic rings. The molecule has 0 radical (unpaired) electrons. The number of benzene rings is 1. The minimum Gasteiger partial charge on any atom is -0.392 e. The van der Waals surface area contributed by atoms with Crippen molar-refractivity contribution in [3.8, 4) is 0 Å². The van der Waals surface area contributed by atoms with Gasteiger partial charge in [0.15, 0.2) is 0 Å². The van der Waals surface area contributed by atoms with E-state index in [-0.39, 0.29) is 6.10 Å². The summed E-state index contributed by atoms with van der Waals surface area (Å²) < 4.78 is 0. The van der Waals surface area contributed by atoms with Gasteiger partial charge in [-0.1, -0.05) is 12.1 Å². The first kappa shape index (κ1) is 14.1. The third-order valence-corrected chi connectivity index (χ3v) is 5.03. The molecule has 2 aliphatic heterocycles. The summed E-state index contributed by atoms with van der Waals surface area (Å²) in [5.41, 5.74) is 3.21. The Labute approximate surface area is 130 Å². The monoisotopic (exact) mass is 298 g/mol. The molecule has 5 heteroatoms. The van der Waals surface area contributed by atoms with Crippen LogP contribution in [0.2, 0.25) is 0 Å². The highest BCUT2D eigenvalue weighted by Gasteiger charge is 2.38. The molecule has 2 fully saturated rings. The van der Waals surface area contributed by atoms with Crippen molar-refractivity contribution in [2.75, 3.05) is 19.6 Å². The molecule has 0 amide bonds. The lowest BCUT2D eigenvalue weighted by molar-refractivity contribution is 0.0531. The van der Waals surface area contributed by atoms with E-state index in [1.54, 1.807) is 12.4 Å². The Kier molecular flexibility index (Phi) is 3.56. The molecule has 0 aliphatic carbocycles. The van der Waals surface area contributed by atoms with Crippen molar-refractivity contribution in [3.63, 3.8) is 0 Å². The van der Waals surface area contributed by atoms with Crippen LogP contribution in [0.15, 0.2) is 30.6 Å². The van der Waals surface area contributed by atoms with Crippen molar-refractivity contribution in [1.29, 1.82) is 0 Å². The number of rotatable bonds is 2. The predicted molar refractivity (Wildman–Crippen MR) is 85.4 cm³/mol. The summed E-state index contributed by atoms with van der Waals surface area (Å²) in [5.74, 6) is 0. The van der Waals surface area contributed by atoms with Gasteiger partial charge in [-0.3, -0.25) is 19.8 Å². The van der Waals surface area contributed by atoms with Crippen LogP contribution in [-0.4, -0.2) is 62.7 Å². The normalized spacial score (nSPS) is 29.8. The zero-order valence-corrected chi connectivity index (χ0v) is 12.9. The van der Waals surface area contributed by atoms with Gasteiger partial charge < -0.3 is 5.11 Å². The summed E-state index contributed by atoms with van der Waals surface area (Å²) in [6, 6.07) is 7.22. The maximum absolute atomic E-state index is 9.89. The highest BCUT2D eigenvalue weighted by atomic mass is 16.3. The van der Waals surface area contributed by atoms with E-state index in [4.69, 9.17) is 0 Å². The van der Waals surface area contributed by atoms with Crippen LogP contribution in [0.1, 0.15) is 18.9 Å². The fourth-order valence-corrected chi connectivity index (χ4v) is 3.90. The van der Waals surface area contributed by atoms with Crippen molar-refractivity contribution >= 4 is 11.0 Å². The van der Waals surface area contributed by atoms with Crippen LogP contribution in [0.4, 0.5) is 0 Å². The van der Waals surface area contributed by atoms with E-state index in [2.05, 4.69) is 38.8 Å². The van der Waals surface area contributed by atoms with Gasteiger partial charge in [0.2, 0.25) is 0 Å². The number of hydrogen-bond donors (Lipinski definition) is 1. The van der Waals surface area contributed by atoms with Crippen LogP contribution in [0, 0.1) is 0 Å². The number of piperazine rings is 1. The molecule has 0 spiro atoms. The van der Waals surface area contributed by atoms with Gasteiger partial charge in [-0.15, -0.1) is 0 Å². The van der Waals surface area contributed by atoms with Crippen LogP contribution in [0.3, 0.4) is 0 Å². The topological polar surface area (TPSA) is 52.5 Å². The molecule has 0 bridgehead atoms. The largest absolute Gasteiger partial charge is 0.392 e. The SMILES string of the molecule is C[C@H]1CN2C[C@H](O)CC2CN1Cc1cccc2nccnc12. The molecule has 22 heavy (non-hydrogen) atoms. The second kappa shape index (κ2) is 5.57. The molecule has 1 aromatic heterocycles. The first-order valence-corrected chi connectivity index (χ1v) is 8.05. The molecule has 0 saturated carbocycles. The first-order chi connectivity index (χ1) is 10.7. The summed E-state index contributed by atoms with van der Waals surface area (Å²) in [7, 11) is 0. The number of para-hydroxylation sites is 1. The highest BCUT2D eigenvalue weighted by molar-refractivity contribution is 5.77. The van der Waals surface area contributed by atoms with Crippen LogP contribution in [0.5, 0.6) is 0 Å². The maximum atomic E-state index is 9.89. The predicted octanol–water partition coefficient (Wildman–Crippen LogP) is 1.27. The third kappa shape index (κ3) is 2.49. The Morgan fingerprint density at radius 3 is 2.95 bits per heavy atom. The van der Waals surface area contributed by atoms with E-state index in [1.807, 2.05) is 6.07 Å². The van der Waals surface area contributed by atoms with E-state index in [0.29, 0.717) is 12.1 Å². The summed E-state index contributed by atoms with van der Waals surface area (Å²) >= 11 is 0. The Morgan fingerprint density at radius 1 is 1.18 bits per heavy atom. The molecular formula is C17H22N4O. The highest BCUT2D eigenvalue weighted by Crippen LogP contribution is 2.27. The van der Waals surface area contributed by atoms with E-state index in [1.165, 1.54) is 5.56 Å². The number of aromatic nitrogens is 2. The van der Waals surface area contributed by atoms with Gasteiger partial charge in [-0.25, -0.2) is 0 Å². The Balaban J connectivity index is 1.57. The molecule has 3 heterocycles. The van der Waals surface area contributed by atoms with Crippen LogP contribution in [0.25, 0.3) is 11.0 Å². The van der Waals surface area contributed by atoms with Gasteiger partial charge in [0.1, 0.15) is 0 Å². The van der Waals surface area contributed by atoms with Crippen molar-refractivity contribution in [2.45, 2.75) is 38.1 Å². The van der Waals surface area contributed by atoms with E-state index in [0.717, 1.165) is 43.6 Å². The van der Waals surface area contributed by atoms with Gasteiger partial charge in [0, 0.05) is 50.7 Å². The standard InChI is InChI=1S/C17H22N4O/c1-12-8-21-11-15(22)7-14(21)10-20(12)9-13-3-2-4-16-17(13)19-6-5-18-16/h2-6,12,14-15,22H,7-11H2,1H3/t12-,14?,15+/m0/s1. The van der Waals surface area contributed by atoms with Crippen LogP contribution < -0.4 is 0 Å². The van der Waals surface area contributed by atoms with Crippen LogP contribution in [-0.2, 0) is 6.54 Å². The fourth-order valence-electron chi connectivity index (χ4n) is 3.90. The quantitative estimate of drug-likeness (QED) is 0.905. The van der Waals surface area contributed by atoms with Gasteiger partial charge in [-0.05, 0) is 25.0 Å². The molecule has 5 nitrogen and oxygen atoms in total. The zero-order valence-electron chi connectivity index (χ0n) is 12.9. The third-order valence-electron chi connectivity index (χ3n) is 5.03. The number of nitrogens with zero attached hydrogens (tertiary/aromatic N) is 4. The lowest BCUT2D eigenvalue weighted by Crippen LogP contribution is -2.54. The van der Waals surface area contributed by atoms with Gasteiger partial charge in [-0.2, -0.15) is 0 Å². The lowest BCUT2D eigenvalue weighted by atomic mass is 10.1. The Hall–Kier alpha value is -1.56. The number of hydrogen-bond acceptors (Lipinski definition) is 5. The number of aliphatic hydroxyl groups excluding tert-OH is 1. The average molecular weight is 298 g/mol. The average Bonchev–Trinajstić information content (AvgIpc) is 2.87. The second-order valence-corrected chi connectivity index (χ2v) is 6.62. The minimum atomic E-state index is -0.152. The number of aliphatic hydroxyl groups is 1. The molecule has 1 N–H and O–H groups in total. The summed E-state index contributed by atoms with van der Waals surface area (Å²) in [6.07, 6.45) is 4.26. The zero-order chi connectivity index (χ0) is 15.1. The molecule has 1 unspecified atom stereocenters. The minimum absolute atomic E-state index is 0.152. The molecule has 4 rings (SSSR count). The van der Waals surface area contributed by atoms with E-state index >= 15 is 0 Å². The van der Waals surface area contributed by atoms with Crippen molar-refractivity contribution in [2.24, 2.45) is 0 Å². The summed E-state index contributed by atoms with van der Waals surface area (Å²) in [4.78, 5) is 13.9. The van der Waals surface area contributed by atoms with Gasteiger partial charge in [0.05, 0.1) is 17.1 Å². The first-order valence-electron chi connectivity index (χ1n) is 8.05. The molecule has 2 saturated heterocycles. The Bertz CT molecular complexity index is 671. The van der Waals surface area contributed by atoms with Crippen molar-refractivity contribution in [3.05, 3.63) is 36.2 Å². The van der Waals surface area contributed by atoms with Gasteiger partial charge in [0.25, 0.3) is 0 Å². The summed E-state index contributed by atoms with van der Waals surface area (Å²) in [6.45, 7) is 6.07. The summed E-state index contributed by atoms with van der Waals surface area (Å²) in [5, 5.41) is 9.89. The molecule has 1 aromatic carbocycles. The molecule has 116 valence electrons. The molecule has 3 atom stereocenters. The molecular weight excluding hydrogens is 276 g/mol. The maximum Gasteiger partial charge on any atom is 0.0931 e. The number of fused-ring (bicyclic) bond motifs is 2. The van der Waals surface area contributed by atoms with Crippen molar-refractivity contribution in [1.82, 2.24) is 19.8 Å². The smallest absolute Gasteiger partial charge is 0.0931 e. The van der Waals surface area contributed by atoms with Crippen molar-refractivity contribution < 1.29 is 5.11 Å². The second-order valence-electron chi connectivity index (χ2n) is 6.62. The molecule has 2 aromatic rings.